The van der Waals surface area contributed by atoms with Crippen molar-refractivity contribution in [1.82, 2.24) is 0 Å². The summed E-state index contributed by atoms with van der Waals surface area (Å²) in [6, 6.07) is 0. The Morgan fingerprint density at radius 1 is 1.08 bits per heavy atom. The monoisotopic (exact) mass is 330 g/mol. The van der Waals surface area contributed by atoms with Crippen LogP contribution in [0, 0.1) is 28.6 Å². The van der Waals surface area contributed by atoms with E-state index in [2.05, 4.69) is 13.8 Å². The number of hydrogen-bond donors (Lipinski definition) is 1. The van der Waals surface area contributed by atoms with E-state index >= 15 is 0 Å². The maximum Gasteiger partial charge on any atom is 0.155 e. The van der Waals surface area contributed by atoms with Crippen LogP contribution in [-0.4, -0.2) is 22.3 Å². The Kier molecular flexibility index (Phi) is 3.46. The van der Waals surface area contributed by atoms with E-state index < -0.39 is 5.60 Å². The fourth-order valence-corrected chi connectivity index (χ4v) is 7.17. The van der Waals surface area contributed by atoms with Crippen LogP contribution in [-0.2, 0) is 9.59 Å². The van der Waals surface area contributed by atoms with Crippen molar-refractivity contribution >= 4 is 11.6 Å². The zero-order chi connectivity index (χ0) is 17.3. The molecule has 0 radical (unpaired) electrons. The minimum absolute atomic E-state index is 0.0603. The van der Waals surface area contributed by atoms with Crippen LogP contribution in [0.25, 0.3) is 0 Å². The predicted octanol–water partition coefficient (Wildman–Crippen LogP) is 3.84. The van der Waals surface area contributed by atoms with Crippen LogP contribution in [0.1, 0.15) is 72.1 Å². The number of aliphatic hydroxyl groups is 1. The molecule has 4 aliphatic carbocycles. The van der Waals surface area contributed by atoms with Crippen molar-refractivity contribution in [3.05, 3.63) is 11.6 Å². The fraction of sp³-hybridized carbons (Fsp3) is 0.810. The molecule has 3 nitrogen and oxygen atoms in total. The first-order valence-corrected chi connectivity index (χ1v) is 9.69. The molecule has 132 valence electrons. The van der Waals surface area contributed by atoms with Gasteiger partial charge < -0.3 is 5.11 Å². The third kappa shape index (κ3) is 1.88. The molecule has 0 aliphatic heterocycles. The molecule has 0 spiro atoms. The molecule has 3 fully saturated rings. The summed E-state index contributed by atoms with van der Waals surface area (Å²) in [4.78, 5) is 24.0. The smallest absolute Gasteiger partial charge is 0.155 e. The molecule has 3 saturated carbocycles. The van der Waals surface area contributed by atoms with Crippen LogP contribution in [0.3, 0.4) is 0 Å². The van der Waals surface area contributed by atoms with Crippen molar-refractivity contribution in [2.75, 3.05) is 0 Å². The minimum Gasteiger partial charge on any atom is -0.389 e. The van der Waals surface area contributed by atoms with Gasteiger partial charge >= 0.3 is 0 Å². The molecule has 1 unspecified atom stereocenters. The van der Waals surface area contributed by atoms with Crippen molar-refractivity contribution in [2.24, 2.45) is 28.6 Å². The van der Waals surface area contributed by atoms with Gasteiger partial charge in [0.05, 0.1) is 5.60 Å². The largest absolute Gasteiger partial charge is 0.389 e. The Morgan fingerprint density at radius 3 is 2.54 bits per heavy atom. The first-order chi connectivity index (χ1) is 11.2. The summed E-state index contributed by atoms with van der Waals surface area (Å²) in [6.07, 6.45) is 8.85. The summed E-state index contributed by atoms with van der Waals surface area (Å²) >= 11 is 0. The van der Waals surface area contributed by atoms with E-state index in [1.54, 1.807) is 6.92 Å². The van der Waals surface area contributed by atoms with E-state index in [-0.39, 0.29) is 28.4 Å². The number of Topliss-reactive ketones (excluding diaryl/α,β-unsaturated/α-hetero) is 1. The molecule has 3 heteroatoms. The highest BCUT2D eigenvalue weighted by Crippen LogP contribution is 2.68. The Hall–Kier alpha value is -0.960. The highest BCUT2D eigenvalue weighted by Gasteiger charge is 2.66. The number of rotatable bonds is 1. The molecule has 0 bridgehead atoms. The first-order valence-electron chi connectivity index (χ1n) is 9.69. The van der Waals surface area contributed by atoms with Gasteiger partial charge in [0.1, 0.15) is 5.78 Å². The summed E-state index contributed by atoms with van der Waals surface area (Å²) in [5, 5.41) is 11.9. The van der Waals surface area contributed by atoms with Crippen LogP contribution in [0.4, 0.5) is 0 Å². The lowest BCUT2D eigenvalue weighted by molar-refractivity contribution is -0.192. The van der Waals surface area contributed by atoms with Gasteiger partial charge in [-0.3, -0.25) is 9.59 Å². The van der Waals surface area contributed by atoms with Crippen LogP contribution in [0.2, 0.25) is 0 Å². The number of hydrogen-bond acceptors (Lipinski definition) is 3. The Bertz CT molecular complexity index is 635. The van der Waals surface area contributed by atoms with E-state index in [0.717, 1.165) is 44.9 Å². The number of carbonyl (C=O) groups excluding carboxylic acids is 2. The Balaban J connectivity index is 1.74. The maximum absolute atomic E-state index is 12.2. The lowest BCUT2D eigenvalue weighted by atomic mass is 9.44. The first kappa shape index (κ1) is 16.5. The SMILES string of the molecule is CC(=O)[C@H]1CC[C@H]2[C@@H]3CCC4=CC(=O)CC[C@]4(C)C3(O)CC[C@]12C. The van der Waals surface area contributed by atoms with Crippen molar-refractivity contribution < 1.29 is 14.7 Å². The van der Waals surface area contributed by atoms with Crippen LogP contribution >= 0.6 is 0 Å². The van der Waals surface area contributed by atoms with Gasteiger partial charge in [0.25, 0.3) is 0 Å². The van der Waals surface area contributed by atoms with Gasteiger partial charge in [-0.05, 0) is 75.2 Å². The zero-order valence-electron chi connectivity index (χ0n) is 15.2. The predicted molar refractivity (Wildman–Crippen MR) is 92.3 cm³/mol. The second-order valence-corrected chi connectivity index (χ2v) is 9.39. The number of ketones is 2. The summed E-state index contributed by atoms with van der Waals surface area (Å²) in [6.45, 7) is 6.24. The molecule has 4 aliphatic rings. The van der Waals surface area contributed by atoms with Crippen LogP contribution < -0.4 is 0 Å². The maximum atomic E-state index is 12.2. The van der Waals surface area contributed by atoms with Crippen molar-refractivity contribution in [1.29, 1.82) is 0 Å². The van der Waals surface area contributed by atoms with Crippen LogP contribution in [0.5, 0.6) is 0 Å². The molecule has 0 aromatic heterocycles. The lowest BCUT2D eigenvalue weighted by Gasteiger charge is -2.62. The summed E-state index contributed by atoms with van der Waals surface area (Å²) in [5.41, 5.74) is 0.292. The van der Waals surface area contributed by atoms with Crippen molar-refractivity contribution in [3.63, 3.8) is 0 Å². The summed E-state index contributed by atoms with van der Waals surface area (Å²) < 4.78 is 0. The zero-order valence-corrected chi connectivity index (χ0v) is 15.2. The molecule has 0 aromatic carbocycles. The van der Waals surface area contributed by atoms with Gasteiger partial charge in [0.2, 0.25) is 0 Å². The van der Waals surface area contributed by atoms with Crippen molar-refractivity contribution in [2.45, 2.75) is 77.7 Å². The van der Waals surface area contributed by atoms with Gasteiger partial charge in [-0.2, -0.15) is 0 Å². The number of carbonyl (C=O) groups is 2. The number of fused-ring (bicyclic) bond motifs is 5. The molecular weight excluding hydrogens is 300 g/mol. The fourth-order valence-electron chi connectivity index (χ4n) is 7.17. The highest BCUT2D eigenvalue weighted by molar-refractivity contribution is 5.91. The van der Waals surface area contributed by atoms with Gasteiger partial charge in [0, 0.05) is 17.8 Å². The summed E-state index contributed by atoms with van der Waals surface area (Å²) in [5.74, 6) is 1.45. The average molecular weight is 330 g/mol. The molecule has 0 aromatic rings. The third-order valence-electron chi connectivity index (χ3n) is 8.64. The second-order valence-electron chi connectivity index (χ2n) is 9.39. The normalized spacial score (nSPS) is 50.6. The average Bonchev–Trinajstić information content (AvgIpc) is 2.87. The lowest BCUT2D eigenvalue weighted by Crippen LogP contribution is -2.63. The van der Waals surface area contributed by atoms with Crippen LogP contribution in [0.15, 0.2) is 11.6 Å². The van der Waals surface area contributed by atoms with E-state index in [9.17, 15) is 14.7 Å². The molecule has 4 rings (SSSR count). The van der Waals surface area contributed by atoms with E-state index in [0.29, 0.717) is 18.1 Å². The molecule has 6 atom stereocenters. The quantitative estimate of drug-likeness (QED) is 0.795. The van der Waals surface area contributed by atoms with Gasteiger partial charge in [-0.15, -0.1) is 0 Å². The molecule has 1 N–H and O–H groups in total. The molecule has 0 saturated heterocycles. The summed E-state index contributed by atoms with van der Waals surface area (Å²) in [7, 11) is 0. The molecule has 24 heavy (non-hydrogen) atoms. The second kappa shape index (κ2) is 5.03. The van der Waals surface area contributed by atoms with Gasteiger partial charge in [0.15, 0.2) is 5.78 Å². The van der Waals surface area contributed by atoms with E-state index in [1.807, 2.05) is 6.08 Å². The molecular formula is C21H30O3. The Morgan fingerprint density at radius 2 is 1.83 bits per heavy atom. The highest BCUT2D eigenvalue weighted by atomic mass is 16.3. The minimum atomic E-state index is -0.701. The molecule has 0 amide bonds. The van der Waals surface area contributed by atoms with E-state index in [4.69, 9.17) is 0 Å². The molecule has 0 heterocycles. The van der Waals surface area contributed by atoms with Gasteiger partial charge in [-0.1, -0.05) is 19.4 Å². The Labute approximate surface area is 144 Å². The van der Waals surface area contributed by atoms with Crippen molar-refractivity contribution in [3.8, 4) is 0 Å². The third-order valence-corrected chi connectivity index (χ3v) is 8.64. The topological polar surface area (TPSA) is 54.4 Å². The standard InChI is InChI=1S/C21H30O3/c1-13(22)16-6-7-17-18-5-4-14-12-15(23)8-9-20(14,3)21(18,24)11-10-19(16,17)2/h12,16-18,24H,4-11H2,1-3H3/t16-,17+,18+,19-,20+,21?/m1/s1. The van der Waals surface area contributed by atoms with E-state index in [1.165, 1.54) is 5.57 Å². The van der Waals surface area contributed by atoms with Gasteiger partial charge in [-0.25, -0.2) is 0 Å².